The highest BCUT2D eigenvalue weighted by molar-refractivity contribution is 6.42. The van der Waals surface area contributed by atoms with Crippen LogP contribution in [0.4, 0.5) is 5.69 Å². The van der Waals surface area contributed by atoms with Crippen molar-refractivity contribution in [3.63, 3.8) is 0 Å². The number of nitrogens with zero attached hydrogens (tertiary/aromatic N) is 1. The Morgan fingerprint density at radius 2 is 2.06 bits per heavy atom. The van der Waals surface area contributed by atoms with Gasteiger partial charge in [-0.05, 0) is 31.2 Å². The third-order valence-corrected chi connectivity index (χ3v) is 2.51. The molecule has 1 aromatic carbocycles. The molecule has 1 amide bonds. The van der Waals surface area contributed by atoms with Gasteiger partial charge in [-0.15, -0.1) is 0 Å². The zero-order valence-corrected chi connectivity index (χ0v) is 9.80. The summed E-state index contributed by atoms with van der Waals surface area (Å²) in [5.41, 5.74) is 0.715. The van der Waals surface area contributed by atoms with Crippen molar-refractivity contribution in [2.24, 2.45) is 4.99 Å². The molecule has 1 aliphatic heterocycles. The summed E-state index contributed by atoms with van der Waals surface area (Å²) < 4.78 is 0. The Balaban J connectivity index is 2.01. The van der Waals surface area contributed by atoms with Gasteiger partial charge in [-0.2, -0.15) is 0 Å². The number of rotatable bonds is 3. The molecule has 6 nitrogen and oxygen atoms in total. The Bertz CT molecular complexity index is 508. The monoisotopic (exact) mass is 247 g/mol. The van der Waals surface area contributed by atoms with Gasteiger partial charge in [0.05, 0.1) is 12.1 Å². The number of anilines is 1. The van der Waals surface area contributed by atoms with Gasteiger partial charge in [-0.25, -0.2) is 4.79 Å². The third kappa shape index (κ3) is 2.65. The van der Waals surface area contributed by atoms with Crippen LogP contribution in [0.15, 0.2) is 29.3 Å². The first-order valence-corrected chi connectivity index (χ1v) is 5.52. The molecule has 94 valence electrons. The van der Waals surface area contributed by atoms with Gasteiger partial charge in [-0.1, -0.05) is 0 Å². The average Bonchev–Trinajstić information content (AvgIpc) is 2.76. The van der Waals surface area contributed by atoms with Crippen molar-refractivity contribution >= 4 is 23.4 Å². The molecule has 0 spiro atoms. The van der Waals surface area contributed by atoms with Crippen LogP contribution in [0.1, 0.15) is 17.3 Å². The van der Waals surface area contributed by atoms with Gasteiger partial charge in [0.25, 0.3) is 5.91 Å². The first-order valence-electron chi connectivity index (χ1n) is 5.52. The molecular weight excluding hydrogens is 234 g/mol. The maximum atomic E-state index is 11.8. The van der Waals surface area contributed by atoms with Crippen molar-refractivity contribution in [3.8, 4) is 0 Å². The fourth-order valence-electron chi connectivity index (χ4n) is 1.58. The number of nitrogens with one attached hydrogen (secondary N) is 2. The predicted molar refractivity (Wildman–Crippen MR) is 66.9 cm³/mol. The van der Waals surface area contributed by atoms with Gasteiger partial charge in [0.15, 0.2) is 5.84 Å². The molecule has 0 fully saturated rings. The van der Waals surface area contributed by atoms with Gasteiger partial charge >= 0.3 is 5.97 Å². The standard InChI is InChI=1S/C12H13N3O3/c1-7-6-13-10(14-7)11(16)15-9-4-2-8(3-5-9)12(17)18/h2-5,7H,6H2,1H3,(H,13,14)(H,15,16)(H,17,18). The van der Waals surface area contributed by atoms with E-state index in [9.17, 15) is 9.59 Å². The molecule has 18 heavy (non-hydrogen) atoms. The molecule has 0 saturated heterocycles. The molecule has 6 heteroatoms. The molecule has 0 aliphatic carbocycles. The topological polar surface area (TPSA) is 90.8 Å². The Kier molecular flexibility index (Phi) is 3.27. The van der Waals surface area contributed by atoms with E-state index in [1.54, 1.807) is 12.1 Å². The molecule has 0 saturated carbocycles. The number of aromatic carboxylic acids is 1. The van der Waals surface area contributed by atoms with Crippen LogP contribution in [0.3, 0.4) is 0 Å². The van der Waals surface area contributed by atoms with E-state index in [2.05, 4.69) is 15.6 Å². The van der Waals surface area contributed by atoms with Crippen molar-refractivity contribution in [2.75, 3.05) is 11.9 Å². The summed E-state index contributed by atoms with van der Waals surface area (Å²) in [4.78, 5) is 26.5. The highest BCUT2D eigenvalue weighted by Crippen LogP contribution is 2.10. The number of carbonyl (C=O) groups excluding carboxylic acids is 1. The lowest BCUT2D eigenvalue weighted by Gasteiger charge is -2.07. The smallest absolute Gasteiger partial charge is 0.335 e. The van der Waals surface area contributed by atoms with Crippen molar-refractivity contribution in [1.29, 1.82) is 0 Å². The summed E-state index contributed by atoms with van der Waals surface area (Å²) in [5, 5.41) is 14.3. The van der Waals surface area contributed by atoms with Crippen LogP contribution in [0, 0.1) is 0 Å². The second-order valence-electron chi connectivity index (χ2n) is 4.07. The molecule has 1 heterocycles. The molecule has 1 atom stereocenters. The second kappa shape index (κ2) is 4.87. The Labute approximate surface area is 104 Å². The molecule has 1 aliphatic rings. The molecule has 0 bridgehead atoms. The van der Waals surface area contributed by atoms with Gasteiger partial charge in [0.1, 0.15) is 0 Å². The van der Waals surface area contributed by atoms with Crippen LogP contribution in [0.25, 0.3) is 0 Å². The average molecular weight is 247 g/mol. The summed E-state index contributed by atoms with van der Waals surface area (Å²) in [7, 11) is 0. The molecule has 1 aromatic rings. The lowest BCUT2D eigenvalue weighted by Crippen LogP contribution is -2.36. The Morgan fingerprint density at radius 3 is 2.56 bits per heavy atom. The van der Waals surface area contributed by atoms with Crippen molar-refractivity contribution < 1.29 is 14.7 Å². The van der Waals surface area contributed by atoms with Crippen LogP contribution in [0.2, 0.25) is 0 Å². The van der Waals surface area contributed by atoms with Crippen molar-refractivity contribution in [2.45, 2.75) is 13.0 Å². The number of aliphatic imine (C=N–C) groups is 1. The summed E-state index contributed by atoms with van der Waals surface area (Å²) in [6.07, 6.45) is 0. The molecule has 3 N–H and O–H groups in total. The lowest BCUT2D eigenvalue weighted by molar-refractivity contribution is -0.110. The molecule has 0 aromatic heterocycles. The van der Waals surface area contributed by atoms with E-state index in [0.717, 1.165) is 0 Å². The maximum absolute atomic E-state index is 11.8. The number of amidine groups is 1. The SMILES string of the molecule is CC1CN=C(C(=O)Nc2ccc(C(=O)O)cc2)N1. The van der Waals surface area contributed by atoms with E-state index < -0.39 is 5.97 Å². The van der Waals surface area contributed by atoms with E-state index in [0.29, 0.717) is 18.1 Å². The summed E-state index contributed by atoms with van der Waals surface area (Å²) in [6.45, 7) is 2.52. The maximum Gasteiger partial charge on any atom is 0.335 e. The van der Waals surface area contributed by atoms with E-state index in [4.69, 9.17) is 5.11 Å². The first kappa shape index (κ1) is 12.1. The van der Waals surface area contributed by atoms with Crippen molar-refractivity contribution in [3.05, 3.63) is 29.8 Å². The fraction of sp³-hybridized carbons (Fsp3) is 0.250. The molecule has 0 radical (unpaired) electrons. The summed E-state index contributed by atoms with van der Waals surface area (Å²) in [5.74, 6) is -1.00. The minimum Gasteiger partial charge on any atom is -0.478 e. The van der Waals surface area contributed by atoms with Gasteiger partial charge < -0.3 is 15.7 Å². The zero-order valence-electron chi connectivity index (χ0n) is 9.80. The van der Waals surface area contributed by atoms with Crippen LogP contribution < -0.4 is 10.6 Å². The largest absolute Gasteiger partial charge is 0.478 e. The van der Waals surface area contributed by atoms with Crippen LogP contribution in [-0.2, 0) is 4.79 Å². The number of amides is 1. The number of benzene rings is 1. The number of hydrogen-bond donors (Lipinski definition) is 3. The second-order valence-corrected chi connectivity index (χ2v) is 4.07. The highest BCUT2D eigenvalue weighted by atomic mass is 16.4. The fourth-order valence-corrected chi connectivity index (χ4v) is 1.58. The summed E-state index contributed by atoms with van der Waals surface area (Å²) >= 11 is 0. The number of carbonyl (C=O) groups is 2. The Morgan fingerprint density at radius 1 is 1.39 bits per heavy atom. The molecular formula is C12H13N3O3. The van der Waals surface area contributed by atoms with Crippen LogP contribution >= 0.6 is 0 Å². The lowest BCUT2D eigenvalue weighted by atomic mass is 10.2. The van der Waals surface area contributed by atoms with E-state index >= 15 is 0 Å². The normalized spacial score (nSPS) is 17.8. The van der Waals surface area contributed by atoms with Gasteiger partial charge in [-0.3, -0.25) is 9.79 Å². The summed E-state index contributed by atoms with van der Waals surface area (Å²) in [6, 6.07) is 6.12. The number of hydrogen-bond acceptors (Lipinski definition) is 4. The predicted octanol–water partition coefficient (Wildman–Crippen LogP) is 0.714. The molecule has 1 unspecified atom stereocenters. The van der Waals surface area contributed by atoms with Gasteiger partial charge in [0.2, 0.25) is 0 Å². The minimum absolute atomic E-state index is 0.167. The van der Waals surface area contributed by atoms with Gasteiger partial charge in [0, 0.05) is 11.7 Å². The van der Waals surface area contributed by atoms with Crippen molar-refractivity contribution in [1.82, 2.24) is 5.32 Å². The third-order valence-electron chi connectivity index (χ3n) is 2.51. The minimum atomic E-state index is -0.997. The first-order chi connectivity index (χ1) is 8.56. The zero-order chi connectivity index (χ0) is 13.1. The highest BCUT2D eigenvalue weighted by Gasteiger charge is 2.19. The molecule has 2 rings (SSSR count). The number of carboxylic acid groups (broad SMARTS) is 1. The van der Waals surface area contributed by atoms with E-state index in [-0.39, 0.29) is 17.5 Å². The van der Waals surface area contributed by atoms with E-state index in [1.807, 2.05) is 6.92 Å². The van der Waals surface area contributed by atoms with E-state index in [1.165, 1.54) is 12.1 Å². The van der Waals surface area contributed by atoms with Crippen LogP contribution in [-0.4, -0.2) is 35.4 Å². The van der Waals surface area contributed by atoms with Crippen LogP contribution in [0.5, 0.6) is 0 Å². The Hall–Kier alpha value is -2.37. The number of carboxylic acids is 1. The quantitative estimate of drug-likeness (QED) is 0.733.